The van der Waals surface area contributed by atoms with Crippen LogP contribution >= 0.6 is 0 Å². The molecule has 0 amide bonds. The Kier molecular flexibility index (Phi) is 5.11. The zero-order valence-corrected chi connectivity index (χ0v) is 14.4. The summed E-state index contributed by atoms with van der Waals surface area (Å²) < 4.78 is 22.4. The summed E-state index contributed by atoms with van der Waals surface area (Å²) in [5, 5.41) is 17.6. The van der Waals surface area contributed by atoms with Gasteiger partial charge in [-0.3, -0.25) is 0 Å². The number of benzene rings is 1. The molecule has 10 heteroatoms. The minimum atomic E-state index is -3.59. The largest absolute Gasteiger partial charge is 0.394 e. The van der Waals surface area contributed by atoms with Gasteiger partial charge in [-0.1, -0.05) is 12.1 Å². The SMILES string of the molecule is NS(=O)(=O)Cc1cccc(Nc2ncnc(N3CCC[C@H]3CO)n2)c1. The van der Waals surface area contributed by atoms with Gasteiger partial charge in [0, 0.05) is 12.2 Å². The average Bonchev–Trinajstić information content (AvgIpc) is 3.02. The second-order valence-electron chi connectivity index (χ2n) is 5.91. The van der Waals surface area contributed by atoms with Gasteiger partial charge >= 0.3 is 0 Å². The number of nitrogens with one attached hydrogen (secondary N) is 1. The molecule has 1 atom stereocenters. The molecule has 4 N–H and O–H groups in total. The van der Waals surface area contributed by atoms with Crippen molar-refractivity contribution in [2.24, 2.45) is 5.14 Å². The quantitative estimate of drug-likeness (QED) is 0.669. The summed E-state index contributed by atoms with van der Waals surface area (Å²) in [6.45, 7) is 0.850. The third-order valence-corrected chi connectivity index (χ3v) is 4.69. The normalized spacial score (nSPS) is 17.7. The van der Waals surface area contributed by atoms with E-state index >= 15 is 0 Å². The highest BCUT2D eigenvalue weighted by molar-refractivity contribution is 7.88. The first-order valence-corrected chi connectivity index (χ1v) is 9.59. The highest BCUT2D eigenvalue weighted by Crippen LogP contribution is 2.23. The smallest absolute Gasteiger partial charge is 0.231 e. The molecule has 0 saturated carbocycles. The number of nitrogens with two attached hydrogens (primary N) is 1. The summed E-state index contributed by atoms with van der Waals surface area (Å²) in [5.74, 6) is 0.618. The summed E-state index contributed by atoms with van der Waals surface area (Å²) in [7, 11) is -3.59. The fourth-order valence-electron chi connectivity index (χ4n) is 2.88. The summed E-state index contributed by atoms with van der Waals surface area (Å²) in [4.78, 5) is 14.6. The van der Waals surface area contributed by atoms with Crippen molar-refractivity contribution in [2.45, 2.75) is 24.6 Å². The molecule has 0 aliphatic carbocycles. The Morgan fingerprint density at radius 3 is 2.96 bits per heavy atom. The molecule has 1 aromatic carbocycles. The van der Waals surface area contributed by atoms with E-state index in [9.17, 15) is 13.5 Å². The first kappa shape index (κ1) is 17.5. The second kappa shape index (κ2) is 7.30. The number of aliphatic hydroxyl groups is 1. The summed E-state index contributed by atoms with van der Waals surface area (Å²) >= 11 is 0. The van der Waals surface area contributed by atoms with Crippen molar-refractivity contribution >= 4 is 27.6 Å². The molecule has 3 rings (SSSR count). The van der Waals surface area contributed by atoms with Gasteiger partial charge in [0.15, 0.2) is 0 Å². The van der Waals surface area contributed by atoms with Crippen LogP contribution in [0.3, 0.4) is 0 Å². The van der Waals surface area contributed by atoms with Gasteiger partial charge < -0.3 is 15.3 Å². The number of anilines is 3. The van der Waals surface area contributed by atoms with E-state index in [1.165, 1.54) is 6.33 Å². The van der Waals surface area contributed by atoms with E-state index in [1.807, 2.05) is 4.90 Å². The Labute approximate surface area is 146 Å². The van der Waals surface area contributed by atoms with Crippen molar-refractivity contribution in [3.05, 3.63) is 36.2 Å². The molecule has 1 saturated heterocycles. The van der Waals surface area contributed by atoms with E-state index in [1.54, 1.807) is 24.3 Å². The van der Waals surface area contributed by atoms with Gasteiger partial charge in [-0.25, -0.2) is 23.5 Å². The van der Waals surface area contributed by atoms with Crippen LogP contribution in [0.5, 0.6) is 0 Å². The third kappa shape index (κ3) is 4.62. The standard InChI is InChI=1S/C15H20N6O3S/c16-25(23,24)9-11-3-1-4-12(7-11)19-14-17-10-18-15(20-14)21-6-2-5-13(21)8-22/h1,3-4,7,10,13,22H,2,5-6,8-9H2,(H2,16,23,24)(H,17,18,19,20)/t13-/m0/s1. The van der Waals surface area contributed by atoms with Crippen molar-refractivity contribution in [3.8, 4) is 0 Å². The average molecular weight is 364 g/mol. The van der Waals surface area contributed by atoms with Crippen LogP contribution in [-0.4, -0.2) is 47.7 Å². The zero-order valence-electron chi connectivity index (χ0n) is 13.5. The van der Waals surface area contributed by atoms with E-state index in [2.05, 4.69) is 20.3 Å². The number of hydrogen-bond acceptors (Lipinski definition) is 8. The summed E-state index contributed by atoms with van der Waals surface area (Å²) in [6.07, 6.45) is 3.29. The number of nitrogens with zero attached hydrogens (tertiary/aromatic N) is 4. The topological polar surface area (TPSA) is 134 Å². The lowest BCUT2D eigenvalue weighted by Gasteiger charge is -2.22. The van der Waals surface area contributed by atoms with Gasteiger partial charge in [-0.05, 0) is 30.5 Å². The molecule has 1 aliphatic rings. The maximum absolute atomic E-state index is 11.2. The highest BCUT2D eigenvalue weighted by atomic mass is 32.2. The molecule has 1 fully saturated rings. The third-order valence-electron chi connectivity index (χ3n) is 3.95. The number of sulfonamides is 1. The minimum Gasteiger partial charge on any atom is -0.394 e. The lowest BCUT2D eigenvalue weighted by Crippen LogP contribution is -2.33. The number of hydrogen-bond donors (Lipinski definition) is 3. The first-order valence-electron chi connectivity index (χ1n) is 7.87. The molecular weight excluding hydrogens is 344 g/mol. The van der Waals surface area contributed by atoms with Crippen LogP contribution in [0, 0.1) is 0 Å². The molecule has 0 bridgehead atoms. The van der Waals surface area contributed by atoms with Crippen LogP contribution in [0.4, 0.5) is 17.6 Å². The minimum absolute atomic E-state index is 0.0216. The van der Waals surface area contributed by atoms with Gasteiger partial charge in [0.1, 0.15) is 6.33 Å². The van der Waals surface area contributed by atoms with E-state index in [-0.39, 0.29) is 18.4 Å². The van der Waals surface area contributed by atoms with Crippen LogP contribution in [0.2, 0.25) is 0 Å². The van der Waals surface area contributed by atoms with Crippen LogP contribution in [-0.2, 0) is 15.8 Å². The number of aliphatic hydroxyl groups excluding tert-OH is 1. The molecule has 2 heterocycles. The van der Waals surface area contributed by atoms with E-state index in [4.69, 9.17) is 5.14 Å². The summed E-state index contributed by atoms with van der Waals surface area (Å²) in [5.41, 5.74) is 1.22. The maximum atomic E-state index is 11.2. The molecular formula is C15H20N6O3S. The van der Waals surface area contributed by atoms with Gasteiger partial charge in [-0.15, -0.1) is 0 Å². The van der Waals surface area contributed by atoms with Gasteiger partial charge in [0.25, 0.3) is 0 Å². The van der Waals surface area contributed by atoms with Crippen LogP contribution in [0.25, 0.3) is 0 Å². The van der Waals surface area contributed by atoms with Crippen molar-refractivity contribution in [3.63, 3.8) is 0 Å². The van der Waals surface area contributed by atoms with Gasteiger partial charge in [-0.2, -0.15) is 4.98 Å². The Bertz CT molecular complexity index is 845. The maximum Gasteiger partial charge on any atom is 0.231 e. The Balaban J connectivity index is 1.77. The molecule has 0 unspecified atom stereocenters. The molecule has 1 aliphatic heterocycles. The zero-order chi connectivity index (χ0) is 17.9. The highest BCUT2D eigenvalue weighted by Gasteiger charge is 2.26. The predicted molar refractivity (Wildman–Crippen MR) is 93.8 cm³/mol. The molecule has 0 radical (unpaired) electrons. The lowest BCUT2D eigenvalue weighted by atomic mass is 10.2. The lowest BCUT2D eigenvalue weighted by molar-refractivity contribution is 0.265. The van der Waals surface area contributed by atoms with Crippen LogP contribution in [0.15, 0.2) is 30.6 Å². The first-order chi connectivity index (χ1) is 11.9. The molecule has 0 spiro atoms. The number of aromatic nitrogens is 3. The fourth-order valence-corrected chi connectivity index (χ4v) is 3.52. The molecule has 25 heavy (non-hydrogen) atoms. The Morgan fingerprint density at radius 1 is 1.36 bits per heavy atom. The van der Waals surface area contributed by atoms with Crippen LogP contribution in [0.1, 0.15) is 18.4 Å². The molecule has 134 valence electrons. The monoisotopic (exact) mass is 364 g/mol. The second-order valence-corrected chi connectivity index (χ2v) is 7.53. The fraction of sp³-hybridized carbons (Fsp3) is 0.400. The van der Waals surface area contributed by atoms with Crippen molar-refractivity contribution < 1.29 is 13.5 Å². The van der Waals surface area contributed by atoms with E-state index < -0.39 is 10.0 Å². The number of rotatable bonds is 6. The molecule has 2 aromatic rings. The number of primary sulfonamides is 1. The Hall–Kier alpha value is -2.30. The van der Waals surface area contributed by atoms with Crippen LogP contribution < -0.4 is 15.4 Å². The van der Waals surface area contributed by atoms with Crippen molar-refractivity contribution in [1.29, 1.82) is 0 Å². The predicted octanol–water partition coefficient (Wildman–Crippen LogP) is 0.365. The summed E-state index contributed by atoms with van der Waals surface area (Å²) in [6, 6.07) is 6.90. The van der Waals surface area contributed by atoms with E-state index in [0.717, 1.165) is 19.4 Å². The van der Waals surface area contributed by atoms with Crippen molar-refractivity contribution in [1.82, 2.24) is 15.0 Å². The molecule has 1 aromatic heterocycles. The van der Waals surface area contributed by atoms with Gasteiger partial charge in [0.05, 0.1) is 18.4 Å². The van der Waals surface area contributed by atoms with E-state index in [0.29, 0.717) is 23.1 Å². The van der Waals surface area contributed by atoms with Crippen molar-refractivity contribution in [2.75, 3.05) is 23.4 Å². The van der Waals surface area contributed by atoms with Gasteiger partial charge in [0.2, 0.25) is 21.9 Å². The molecule has 9 nitrogen and oxygen atoms in total. The Morgan fingerprint density at radius 2 is 2.20 bits per heavy atom.